The summed E-state index contributed by atoms with van der Waals surface area (Å²) in [5, 5.41) is 10.7. The molecule has 0 fully saturated rings. The third kappa shape index (κ3) is 7.04. The Hall–Kier alpha value is -2.02. The van der Waals surface area contributed by atoms with E-state index in [-0.39, 0.29) is 0 Å². The molecule has 1 aromatic carbocycles. The van der Waals surface area contributed by atoms with E-state index in [0.29, 0.717) is 13.2 Å². The van der Waals surface area contributed by atoms with Crippen molar-refractivity contribution in [2.24, 2.45) is 4.99 Å². The number of halogens is 1. The average molecular weight is 394 g/mol. The Labute approximate surface area is 151 Å². The van der Waals surface area contributed by atoms with E-state index in [0.717, 1.165) is 42.2 Å². The van der Waals surface area contributed by atoms with Crippen molar-refractivity contribution in [3.8, 4) is 5.75 Å². The largest absolute Gasteiger partial charge is 0.492 e. The van der Waals surface area contributed by atoms with E-state index < -0.39 is 0 Å². The zero-order valence-corrected chi connectivity index (χ0v) is 15.5. The van der Waals surface area contributed by atoms with Gasteiger partial charge in [-0.1, -0.05) is 22.0 Å². The highest BCUT2D eigenvalue weighted by Gasteiger charge is 1.98. The van der Waals surface area contributed by atoms with Crippen LogP contribution in [0.5, 0.6) is 5.75 Å². The number of hydrogen-bond acceptors (Lipinski definition) is 3. The normalized spacial score (nSPS) is 11.3. The molecule has 1 aromatic heterocycles. The highest BCUT2D eigenvalue weighted by molar-refractivity contribution is 9.10. The maximum atomic E-state index is 5.70. The summed E-state index contributed by atoms with van der Waals surface area (Å²) in [4.78, 5) is 4.56. The number of benzene rings is 1. The van der Waals surface area contributed by atoms with Crippen molar-refractivity contribution in [1.82, 2.24) is 20.4 Å². The molecule has 7 heteroatoms. The van der Waals surface area contributed by atoms with Gasteiger partial charge in [-0.05, 0) is 37.6 Å². The molecule has 6 nitrogen and oxygen atoms in total. The van der Waals surface area contributed by atoms with E-state index in [1.165, 1.54) is 0 Å². The van der Waals surface area contributed by atoms with Crippen LogP contribution in [0.1, 0.15) is 13.3 Å². The molecule has 2 N–H and O–H groups in total. The number of aryl methyl sites for hydroxylation is 1. The van der Waals surface area contributed by atoms with Gasteiger partial charge in [-0.3, -0.25) is 9.67 Å². The fourth-order valence-corrected chi connectivity index (χ4v) is 2.47. The average Bonchev–Trinajstić information content (AvgIpc) is 3.09. The molecule has 24 heavy (non-hydrogen) atoms. The molecule has 130 valence electrons. The van der Waals surface area contributed by atoms with Crippen LogP contribution in [-0.2, 0) is 6.54 Å². The van der Waals surface area contributed by atoms with Gasteiger partial charge in [0.05, 0.1) is 6.54 Å². The third-order valence-corrected chi connectivity index (χ3v) is 3.67. The first-order valence-electron chi connectivity index (χ1n) is 8.16. The van der Waals surface area contributed by atoms with Crippen molar-refractivity contribution < 1.29 is 4.74 Å². The van der Waals surface area contributed by atoms with Gasteiger partial charge in [0.2, 0.25) is 0 Å². The summed E-state index contributed by atoms with van der Waals surface area (Å²) in [6.45, 7) is 5.78. The van der Waals surface area contributed by atoms with Gasteiger partial charge >= 0.3 is 0 Å². The molecule has 0 unspecified atom stereocenters. The van der Waals surface area contributed by atoms with Gasteiger partial charge in [-0.15, -0.1) is 0 Å². The van der Waals surface area contributed by atoms with Gasteiger partial charge in [0.1, 0.15) is 12.4 Å². The van der Waals surface area contributed by atoms with Crippen molar-refractivity contribution in [1.29, 1.82) is 0 Å². The number of aromatic nitrogens is 2. The van der Waals surface area contributed by atoms with E-state index in [1.54, 1.807) is 6.20 Å². The van der Waals surface area contributed by atoms with Crippen LogP contribution >= 0.6 is 15.9 Å². The number of ether oxygens (including phenoxy) is 1. The Kier molecular flexibility index (Phi) is 8.17. The Balaban J connectivity index is 1.67. The molecule has 0 aliphatic rings. The molecule has 1 heterocycles. The highest BCUT2D eigenvalue weighted by Crippen LogP contribution is 2.17. The molecule has 0 saturated heterocycles. The number of nitrogens with one attached hydrogen (secondary N) is 2. The second-order valence-corrected chi connectivity index (χ2v) is 6.03. The monoisotopic (exact) mass is 393 g/mol. The summed E-state index contributed by atoms with van der Waals surface area (Å²) >= 11 is 3.43. The molecular weight excluding hydrogens is 370 g/mol. The molecule has 0 atom stereocenters. The van der Waals surface area contributed by atoms with Crippen molar-refractivity contribution in [3.05, 3.63) is 47.2 Å². The van der Waals surface area contributed by atoms with Crippen LogP contribution in [0, 0.1) is 0 Å². The quantitative estimate of drug-likeness (QED) is 0.390. The number of guanidine groups is 1. The first-order chi connectivity index (χ1) is 11.8. The van der Waals surface area contributed by atoms with Crippen LogP contribution in [0.3, 0.4) is 0 Å². The standard InChI is InChI=1S/C17H24BrN5O/c1-2-19-17(20-8-4-11-23-12-5-9-22-23)21-10-13-24-16-7-3-6-15(18)14-16/h3,5-7,9,12,14H,2,4,8,10-11,13H2,1H3,(H2,19,20,21). The fourth-order valence-electron chi connectivity index (χ4n) is 2.09. The minimum Gasteiger partial charge on any atom is -0.492 e. The lowest BCUT2D eigenvalue weighted by Crippen LogP contribution is -2.39. The van der Waals surface area contributed by atoms with Crippen LogP contribution in [0.15, 0.2) is 52.2 Å². The minimum absolute atomic E-state index is 0.578. The van der Waals surface area contributed by atoms with Gasteiger partial charge in [0, 0.05) is 36.5 Å². The predicted octanol–water partition coefficient (Wildman–Crippen LogP) is 2.67. The Morgan fingerprint density at radius 1 is 1.33 bits per heavy atom. The second kappa shape index (κ2) is 10.7. The first-order valence-corrected chi connectivity index (χ1v) is 8.95. The van der Waals surface area contributed by atoms with Crippen LogP contribution in [-0.4, -0.2) is 42.0 Å². The Morgan fingerprint density at radius 2 is 2.25 bits per heavy atom. The van der Waals surface area contributed by atoms with E-state index in [1.807, 2.05) is 41.2 Å². The number of hydrogen-bond donors (Lipinski definition) is 2. The maximum absolute atomic E-state index is 5.70. The lowest BCUT2D eigenvalue weighted by molar-refractivity contribution is 0.321. The van der Waals surface area contributed by atoms with E-state index in [9.17, 15) is 0 Å². The molecule has 0 saturated carbocycles. The van der Waals surface area contributed by atoms with E-state index >= 15 is 0 Å². The molecule has 0 aliphatic carbocycles. The van der Waals surface area contributed by atoms with Crippen molar-refractivity contribution in [2.75, 3.05) is 26.2 Å². The van der Waals surface area contributed by atoms with Gasteiger partial charge in [-0.2, -0.15) is 5.10 Å². The lowest BCUT2D eigenvalue weighted by atomic mass is 10.3. The summed E-state index contributed by atoms with van der Waals surface area (Å²) in [5.41, 5.74) is 0. The lowest BCUT2D eigenvalue weighted by Gasteiger charge is -2.12. The van der Waals surface area contributed by atoms with Crippen LogP contribution in [0.4, 0.5) is 0 Å². The van der Waals surface area contributed by atoms with Gasteiger partial charge < -0.3 is 15.4 Å². The number of rotatable bonds is 9. The highest BCUT2D eigenvalue weighted by atomic mass is 79.9. The van der Waals surface area contributed by atoms with Crippen LogP contribution in [0.25, 0.3) is 0 Å². The summed E-state index contributed by atoms with van der Waals surface area (Å²) < 4.78 is 8.64. The number of aliphatic imine (C=N–C) groups is 1. The molecule has 2 aromatic rings. The second-order valence-electron chi connectivity index (χ2n) is 5.12. The van der Waals surface area contributed by atoms with Crippen LogP contribution in [0.2, 0.25) is 0 Å². The Bertz CT molecular complexity index is 615. The molecule has 0 amide bonds. The molecule has 0 bridgehead atoms. The van der Waals surface area contributed by atoms with Crippen molar-refractivity contribution in [3.63, 3.8) is 0 Å². The number of nitrogens with zero attached hydrogens (tertiary/aromatic N) is 3. The van der Waals surface area contributed by atoms with Crippen LogP contribution < -0.4 is 15.4 Å². The third-order valence-electron chi connectivity index (χ3n) is 3.18. The molecule has 0 radical (unpaired) electrons. The molecule has 2 rings (SSSR count). The topological polar surface area (TPSA) is 63.5 Å². The molecular formula is C17H24BrN5O. The van der Waals surface area contributed by atoms with Gasteiger partial charge in [0.15, 0.2) is 5.96 Å². The minimum atomic E-state index is 0.578. The summed E-state index contributed by atoms with van der Waals surface area (Å²) in [6.07, 6.45) is 4.71. The Morgan fingerprint density at radius 3 is 3.00 bits per heavy atom. The zero-order chi connectivity index (χ0) is 17.0. The first kappa shape index (κ1) is 18.3. The molecule has 0 spiro atoms. The summed E-state index contributed by atoms with van der Waals surface area (Å²) in [5.74, 6) is 1.67. The van der Waals surface area contributed by atoms with Gasteiger partial charge in [-0.25, -0.2) is 0 Å². The SMILES string of the molecule is CCNC(=NCCCn1cccn1)NCCOc1cccc(Br)c1. The molecule has 0 aliphatic heterocycles. The summed E-state index contributed by atoms with van der Waals surface area (Å²) in [7, 11) is 0. The van der Waals surface area contributed by atoms with E-state index in [2.05, 4.69) is 43.6 Å². The van der Waals surface area contributed by atoms with Gasteiger partial charge in [0.25, 0.3) is 0 Å². The maximum Gasteiger partial charge on any atom is 0.191 e. The van der Waals surface area contributed by atoms with Crippen molar-refractivity contribution in [2.45, 2.75) is 19.9 Å². The smallest absolute Gasteiger partial charge is 0.191 e. The van der Waals surface area contributed by atoms with Crippen molar-refractivity contribution >= 4 is 21.9 Å². The zero-order valence-electron chi connectivity index (χ0n) is 13.9. The van der Waals surface area contributed by atoms with E-state index in [4.69, 9.17) is 4.74 Å². The summed E-state index contributed by atoms with van der Waals surface area (Å²) in [6, 6.07) is 9.76. The fraction of sp³-hybridized carbons (Fsp3) is 0.412. The predicted molar refractivity (Wildman–Crippen MR) is 100 cm³/mol.